The predicted octanol–water partition coefficient (Wildman–Crippen LogP) is 3.62. The van der Waals surface area contributed by atoms with E-state index in [0.29, 0.717) is 18.8 Å². The van der Waals surface area contributed by atoms with Gasteiger partial charge in [0.25, 0.3) is 0 Å². The largest absolute Gasteiger partial charge is 0.497 e. The first-order chi connectivity index (χ1) is 13.9. The molecule has 7 heteroatoms. The first-order valence-electron chi connectivity index (χ1n) is 9.47. The molecule has 0 aliphatic carbocycles. The second-order valence-corrected chi connectivity index (χ2v) is 7.55. The number of carbonyl (C=O) groups is 2. The minimum absolute atomic E-state index is 0.119. The summed E-state index contributed by atoms with van der Waals surface area (Å²) < 4.78 is 18.2. The number of nitrogens with zero attached hydrogens (tertiary/aromatic N) is 1. The molecule has 2 amide bonds. The van der Waals surface area contributed by atoms with E-state index in [0.717, 1.165) is 16.9 Å². The lowest BCUT2D eigenvalue weighted by molar-refractivity contribution is -0.138. The second-order valence-electron chi connectivity index (χ2n) is 6.56. The summed E-state index contributed by atoms with van der Waals surface area (Å²) in [5.41, 5.74) is 1.86. The SMILES string of the molecule is CCNC(=O)C(C)N(Cc1ccc(OC)cc1)C(=O)CSCc1ccc(F)cc1. The van der Waals surface area contributed by atoms with Crippen molar-refractivity contribution in [1.29, 1.82) is 0 Å². The topological polar surface area (TPSA) is 58.6 Å². The van der Waals surface area contributed by atoms with Gasteiger partial charge in [-0.15, -0.1) is 11.8 Å². The van der Waals surface area contributed by atoms with E-state index < -0.39 is 6.04 Å². The van der Waals surface area contributed by atoms with Crippen molar-refractivity contribution < 1.29 is 18.7 Å². The number of likely N-dealkylation sites (N-methyl/N-ethyl adjacent to an activating group) is 1. The highest BCUT2D eigenvalue weighted by molar-refractivity contribution is 7.99. The molecule has 5 nitrogen and oxygen atoms in total. The van der Waals surface area contributed by atoms with Crippen molar-refractivity contribution in [2.24, 2.45) is 0 Å². The Morgan fingerprint density at radius 3 is 2.31 bits per heavy atom. The molecule has 2 rings (SSSR count). The van der Waals surface area contributed by atoms with Crippen molar-refractivity contribution in [3.8, 4) is 5.75 Å². The number of benzene rings is 2. The fourth-order valence-electron chi connectivity index (χ4n) is 2.75. The summed E-state index contributed by atoms with van der Waals surface area (Å²) in [6.07, 6.45) is 0. The molecule has 0 saturated heterocycles. The van der Waals surface area contributed by atoms with Gasteiger partial charge in [0.15, 0.2) is 0 Å². The number of hydrogen-bond donors (Lipinski definition) is 1. The Hall–Kier alpha value is -2.54. The summed E-state index contributed by atoms with van der Waals surface area (Å²) in [7, 11) is 1.60. The maximum atomic E-state index is 13.0. The minimum Gasteiger partial charge on any atom is -0.497 e. The van der Waals surface area contributed by atoms with Crippen LogP contribution >= 0.6 is 11.8 Å². The molecule has 156 valence electrons. The van der Waals surface area contributed by atoms with Gasteiger partial charge in [-0.05, 0) is 49.2 Å². The van der Waals surface area contributed by atoms with Crippen LogP contribution in [0.25, 0.3) is 0 Å². The number of carbonyl (C=O) groups excluding carboxylic acids is 2. The molecule has 0 saturated carbocycles. The molecule has 0 aromatic heterocycles. The standard InChI is InChI=1S/C22H27FN2O3S/c1-4-24-22(27)16(2)25(13-17-7-11-20(28-3)12-8-17)21(26)15-29-14-18-5-9-19(23)10-6-18/h5-12,16H,4,13-15H2,1-3H3,(H,24,27). The van der Waals surface area contributed by atoms with Gasteiger partial charge in [-0.25, -0.2) is 4.39 Å². The fraction of sp³-hybridized carbons (Fsp3) is 0.364. The van der Waals surface area contributed by atoms with Crippen LogP contribution in [0.15, 0.2) is 48.5 Å². The Morgan fingerprint density at radius 2 is 1.72 bits per heavy atom. The second kappa shape index (κ2) is 11.5. The van der Waals surface area contributed by atoms with E-state index in [4.69, 9.17) is 4.74 Å². The highest BCUT2D eigenvalue weighted by Gasteiger charge is 2.25. The summed E-state index contributed by atoms with van der Waals surface area (Å²) in [4.78, 5) is 26.8. The summed E-state index contributed by atoms with van der Waals surface area (Å²) >= 11 is 1.44. The zero-order valence-corrected chi connectivity index (χ0v) is 17.8. The molecule has 0 heterocycles. The third-order valence-corrected chi connectivity index (χ3v) is 5.43. The molecule has 0 spiro atoms. The van der Waals surface area contributed by atoms with Gasteiger partial charge in [-0.3, -0.25) is 9.59 Å². The Labute approximate surface area is 175 Å². The maximum absolute atomic E-state index is 13.0. The lowest BCUT2D eigenvalue weighted by atomic mass is 10.1. The van der Waals surface area contributed by atoms with Crippen molar-refractivity contribution in [3.63, 3.8) is 0 Å². The number of halogens is 1. The number of methoxy groups -OCH3 is 1. The molecule has 0 bridgehead atoms. The fourth-order valence-corrected chi connectivity index (χ4v) is 3.62. The molecule has 0 fully saturated rings. The van der Waals surface area contributed by atoms with Crippen LogP contribution in [-0.2, 0) is 21.9 Å². The van der Waals surface area contributed by atoms with E-state index in [-0.39, 0.29) is 23.4 Å². The zero-order chi connectivity index (χ0) is 21.2. The van der Waals surface area contributed by atoms with E-state index in [1.807, 2.05) is 31.2 Å². The monoisotopic (exact) mass is 418 g/mol. The molecule has 1 N–H and O–H groups in total. The average molecular weight is 419 g/mol. The summed E-state index contributed by atoms with van der Waals surface area (Å²) in [5, 5.41) is 2.78. The highest BCUT2D eigenvalue weighted by atomic mass is 32.2. The Bertz CT molecular complexity index is 797. The van der Waals surface area contributed by atoms with Crippen LogP contribution in [0.1, 0.15) is 25.0 Å². The Morgan fingerprint density at radius 1 is 1.10 bits per heavy atom. The highest BCUT2D eigenvalue weighted by Crippen LogP contribution is 2.18. The van der Waals surface area contributed by atoms with E-state index >= 15 is 0 Å². The van der Waals surface area contributed by atoms with Crippen LogP contribution in [0.4, 0.5) is 4.39 Å². The Kier molecular flexibility index (Phi) is 8.99. The number of hydrogen-bond acceptors (Lipinski definition) is 4. The predicted molar refractivity (Wildman–Crippen MR) is 114 cm³/mol. The van der Waals surface area contributed by atoms with Crippen LogP contribution < -0.4 is 10.1 Å². The van der Waals surface area contributed by atoms with Crippen molar-refractivity contribution in [3.05, 3.63) is 65.5 Å². The molecular weight excluding hydrogens is 391 g/mol. The maximum Gasteiger partial charge on any atom is 0.242 e. The van der Waals surface area contributed by atoms with Crippen LogP contribution in [0.3, 0.4) is 0 Å². The molecule has 1 unspecified atom stereocenters. The van der Waals surface area contributed by atoms with Gasteiger partial charge in [0, 0.05) is 18.8 Å². The zero-order valence-electron chi connectivity index (χ0n) is 17.0. The smallest absolute Gasteiger partial charge is 0.242 e. The van der Waals surface area contributed by atoms with E-state index in [2.05, 4.69) is 5.32 Å². The van der Waals surface area contributed by atoms with E-state index in [9.17, 15) is 14.0 Å². The van der Waals surface area contributed by atoms with Crippen LogP contribution in [0.5, 0.6) is 5.75 Å². The number of rotatable bonds is 10. The first kappa shape index (κ1) is 22.7. The third-order valence-electron chi connectivity index (χ3n) is 4.44. The van der Waals surface area contributed by atoms with E-state index in [1.54, 1.807) is 31.1 Å². The van der Waals surface area contributed by atoms with Crippen LogP contribution in [-0.4, -0.2) is 42.2 Å². The lowest BCUT2D eigenvalue weighted by Gasteiger charge is -2.28. The van der Waals surface area contributed by atoms with Gasteiger partial charge in [0.2, 0.25) is 11.8 Å². The van der Waals surface area contributed by atoms with Crippen LogP contribution in [0.2, 0.25) is 0 Å². The van der Waals surface area contributed by atoms with Gasteiger partial charge < -0.3 is 15.0 Å². The van der Waals surface area contributed by atoms with Crippen molar-refractivity contribution in [2.75, 3.05) is 19.4 Å². The molecule has 0 aliphatic rings. The number of thioether (sulfide) groups is 1. The summed E-state index contributed by atoms with van der Waals surface area (Å²) in [6, 6.07) is 13.1. The molecule has 2 aromatic carbocycles. The van der Waals surface area contributed by atoms with E-state index in [1.165, 1.54) is 23.9 Å². The normalized spacial score (nSPS) is 11.6. The molecular formula is C22H27FN2O3S. The van der Waals surface area contributed by atoms with Crippen molar-refractivity contribution in [2.45, 2.75) is 32.2 Å². The van der Waals surface area contributed by atoms with Crippen LogP contribution in [0, 0.1) is 5.82 Å². The van der Waals surface area contributed by atoms with Gasteiger partial charge in [0.05, 0.1) is 12.9 Å². The van der Waals surface area contributed by atoms with Crippen molar-refractivity contribution in [1.82, 2.24) is 10.2 Å². The molecule has 1 atom stereocenters. The van der Waals surface area contributed by atoms with Gasteiger partial charge >= 0.3 is 0 Å². The first-order valence-corrected chi connectivity index (χ1v) is 10.6. The molecule has 0 radical (unpaired) electrons. The van der Waals surface area contributed by atoms with Gasteiger partial charge in [0.1, 0.15) is 17.6 Å². The van der Waals surface area contributed by atoms with Gasteiger partial charge in [-0.1, -0.05) is 24.3 Å². The number of ether oxygens (including phenoxy) is 1. The van der Waals surface area contributed by atoms with Gasteiger partial charge in [-0.2, -0.15) is 0 Å². The molecule has 29 heavy (non-hydrogen) atoms. The molecule has 0 aliphatic heterocycles. The quantitative estimate of drug-likeness (QED) is 0.640. The summed E-state index contributed by atoms with van der Waals surface area (Å²) in [5.74, 6) is 0.981. The lowest BCUT2D eigenvalue weighted by Crippen LogP contribution is -2.48. The minimum atomic E-state index is -0.587. The van der Waals surface area contributed by atoms with Crippen molar-refractivity contribution >= 4 is 23.6 Å². The molecule has 2 aromatic rings. The third kappa shape index (κ3) is 7.09. The number of nitrogens with one attached hydrogen (secondary N) is 1. The average Bonchev–Trinajstić information content (AvgIpc) is 2.73. The number of amides is 2. The Balaban J connectivity index is 2.04. The summed E-state index contributed by atoms with van der Waals surface area (Å²) in [6.45, 7) is 4.42.